The van der Waals surface area contributed by atoms with E-state index >= 15 is 0 Å². The summed E-state index contributed by atoms with van der Waals surface area (Å²) in [5, 5.41) is 7.16. The first kappa shape index (κ1) is 12.6. The SMILES string of the molecule is CNc1ccccc1-c1nc(CC(C)(C)C)no1. The largest absolute Gasteiger partial charge is 0.387 e. The van der Waals surface area contributed by atoms with Crippen LogP contribution in [-0.4, -0.2) is 17.2 Å². The summed E-state index contributed by atoms with van der Waals surface area (Å²) in [7, 11) is 1.88. The highest BCUT2D eigenvalue weighted by Gasteiger charge is 2.17. The van der Waals surface area contributed by atoms with E-state index in [1.807, 2.05) is 31.3 Å². The number of hydrogen-bond donors (Lipinski definition) is 1. The lowest BCUT2D eigenvalue weighted by atomic mass is 9.92. The zero-order chi connectivity index (χ0) is 13.2. The molecule has 2 aromatic rings. The zero-order valence-electron chi connectivity index (χ0n) is 11.3. The molecule has 1 aromatic heterocycles. The smallest absolute Gasteiger partial charge is 0.260 e. The maximum atomic E-state index is 5.34. The first-order chi connectivity index (χ1) is 8.49. The minimum absolute atomic E-state index is 0.156. The normalized spacial score (nSPS) is 11.6. The Morgan fingerprint density at radius 1 is 1.22 bits per heavy atom. The van der Waals surface area contributed by atoms with Crippen molar-refractivity contribution >= 4 is 5.69 Å². The number of hydrogen-bond acceptors (Lipinski definition) is 4. The topological polar surface area (TPSA) is 51.0 Å². The number of anilines is 1. The van der Waals surface area contributed by atoms with Crippen molar-refractivity contribution in [2.75, 3.05) is 12.4 Å². The summed E-state index contributed by atoms with van der Waals surface area (Å²) in [4.78, 5) is 4.46. The van der Waals surface area contributed by atoms with Gasteiger partial charge in [-0.15, -0.1) is 0 Å². The average Bonchev–Trinajstić information content (AvgIpc) is 2.75. The van der Waals surface area contributed by atoms with Crippen molar-refractivity contribution in [3.05, 3.63) is 30.1 Å². The molecular weight excluding hydrogens is 226 g/mol. The number of para-hydroxylation sites is 1. The van der Waals surface area contributed by atoms with Gasteiger partial charge in [-0.1, -0.05) is 38.1 Å². The van der Waals surface area contributed by atoms with Crippen molar-refractivity contribution in [3.63, 3.8) is 0 Å². The summed E-state index contributed by atoms with van der Waals surface area (Å²) in [6.07, 6.45) is 0.804. The molecule has 0 fully saturated rings. The predicted molar refractivity (Wildman–Crippen MR) is 72.4 cm³/mol. The first-order valence-corrected chi connectivity index (χ1v) is 6.09. The second-order valence-corrected chi connectivity index (χ2v) is 5.55. The lowest BCUT2D eigenvalue weighted by Gasteiger charge is -2.14. The van der Waals surface area contributed by atoms with Gasteiger partial charge in [-0.3, -0.25) is 0 Å². The van der Waals surface area contributed by atoms with E-state index in [0.717, 1.165) is 23.5 Å². The fourth-order valence-electron chi connectivity index (χ4n) is 1.80. The Balaban J connectivity index is 2.29. The second kappa shape index (κ2) is 4.80. The molecule has 0 amide bonds. The molecule has 4 heteroatoms. The molecule has 96 valence electrons. The number of benzene rings is 1. The third-order valence-electron chi connectivity index (χ3n) is 2.58. The number of nitrogens with one attached hydrogen (secondary N) is 1. The van der Waals surface area contributed by atoms with Crippen LogP contribution in [0, 0.1) is 5.41 Å². The van der Waals surface area contributed by atoms with Crippen molar-refractivity contribution in [1.29, 1.82) is 0 Å². The number of rotatable bonds is 3. The highest BCUT2D eigenvalue weighted by Crippen LogP contribution is 2.27. The van der Waals surface area contributed by atoms with Crippen LogP contribution in [0.1, 0.15) is 26.6 Å². The highest BCUT2D eigenvalue weighted by molar-refractivity contribution is 5.71. The third-order valence-corrected chi connectivity index (χ3v) is 2.58. The molecule has 0 saturated heterocycles. The van der Waals surface area contributed by atoms with E-state index in [2.05, 4.69) is 36.2 Å². The lowest BCUT2D eigenvalue weighted by Crippen LogP contribution is -2.10. The van der Waals surface area contributed by atoms with Gasteiger partial charge >= 0.3 is 0 Å². The lowest BCUT2D eigenvalue weighted by molar-refractivity contribution is 0.374. The van der Waals surface area contributed by atoms with Crippen LogP contribution < -0.4 is 5.32 Å². The van der Waals surface area contributed by atoms with E-state index < -0.39 is 0 Å². The average molecular weight is 245 g/mol. The van der Waals surface area contributed by atoms with Crippen LogP contribution in [0.15, 0.2) is 28.8 Å². The summed E-state index contributed by atoms with van der Waals surface area (Å²) in [6.45, 7) is 6.47. The Morgan fingerprint density at radius 2 is 1.94 bits per heavy atom. The molecule has 0 spiro atoms. The highest BCUT2D eigenvalue weighted by atomic mass is 16.5. The third kappa shape index (κ3) is 2.88. The molecule has 18 heavy (non-hydrogen) atoms. The molecule has 4 nitrogen and oxygen atoms in total. The van der Waals surface area contributed by atoms with Gasteiger partial charge < -0.3 is 9.84 Å². The molecule has 1 aromatic carbocycles. The molecule has 0 aliphatic carbocycles. The Labute approximate surface area is 107 Å². The van der Waals surface area contributed by atoms with Crippen LogP contribution in [0.3, 0.4) is 0 Å². The minimum Gasteiger partial charge on any atom is -0.387 e. The molecule has 0 unspecified atom stereocenters. The summed E-state index contributed by atoms with van der Waals surface area (Å²) >= 11 is 0. The van der Waals surface area contributed by atoms with Gasteiger partial charge in [-0.25, -0.2) is 0 Å². The zero-order valence-corrected chi connectivity index (χ0v) is 11.3. The second-order valence-electron chi connectivity index (χ2n) is 5.55. The van der Waals surface area contributed by atoms with Crippen LogP contribution in [0.5, 0.6) is 0 Å². The van der Waals surface area contributed by atoms with Gasteiger partial charge in [0.15, 0.2) is 5.82 Å². The molecule has 2 rings (SSSR count). The molecule has 0 aliphatic rings. The maximum Gasteiger partial charge on any atom is 0.260 e. The quantitative estimate of drug-likeness (QED) is 0.900. The van der Waals surface area contributed by atoms with Crippen LogP contribution in [0.25, 0.3) is 11.5 Å². The van der Waals surface area contributed by atoms with E-state index in [4.69, 9.17) is 4.52 Å². The Kier molecular flexibility index (Phi) is 3.36. The minimum atomic E-state index is 0.156. The molecule has 0 bridgehead atoms. The Morgan fingerprint density at radius 3 is 2.61 bits per heavy atom. The fourth-order valence-corrected chi connectivity index (χ4v) is 1.80. The van der Waals surface area contributed by atoms with Gasteiger partial charge in [-0.2, -0.15) is 4.98 Å². The van der Waals surface area contributed by atoms with Crippen molar-refractivity contribution in [2.24, 2.45) is 5.41 Å². The van der Waals surface area contributed by atoms with Crippen molar-refractivity contribution < 1.29 is 4.52 Å². The van der Waals surface area contributed by atoms with Gasteiger partial charge in [0.25, 0.3) is 5.89 Å². The van der Waals surface area contributed by atoms with Crippen LogP contribution in [0.4, 0.5) is 5.69 Å². The van der Waals surface area contributed by atoms with Crippen molar-refractivity contribution in [2.45, 2.75) is 27.2 Å². The van der Waals surface area contributed by atoms with Crippen molar-refractivity contribution in [1.82, 2.24) is 10.1 Å². The van der Waals surface area contributed by atoms with Gasteiger partial charge in [0.1, 0.15) is 0 Å². The van der Waals surface area contributed by atoms with Gasteiger partial charge in [0, 0.05) is 19.2 Å². The molecule has 1 N–H and O–H groups in total. The fraction of sp³-hybridized carbons (Fsp3) is 0.429. The van der Waals surface area contributed by atoms with Crippen LogP contribution in [-0.2, 0) is 6.42 Å². The molecular formula is C14H19N3O. The van der Waals surface area contributed by atoms with E-state index in [1.54, 1.807) is 0 Å². The first-order valence-electron chi connectivity index (χ1n) is 6.09. The maximum absolute atomic E-state index is 5.34. The van der Waals surface area contributed by atoms with Crippen molar-refractivity contribution in [3.8, 4) is 11.5 Å². The summed E-state index contributed by atoms with van der Waals surface area (Å²) in [5.74, 6) is 1.32. The van der Waals surface area contributed by atoms with E-state index in [9.17, 15) is 0 Å². The van der Waals surface area contributed by atoms with E-state index in [1.165, 1.54) is 0 Å². The van der Waals surface area contributed by atoms with Gasteiger partial charge in [-0.05, 0) is 17.5 Å². The number of aromatic nitrogens is 2. The van der Waals surface area contributed by atoms with E-state index in [-0.39, 0.29) is 5.41 Å². The van der Waals surface area contributed by atoms with Crippen LogP contribution in [0.2, 0.25) is 0 Å². The van der Waals surface area contributed by atoms with Gasteiger partial charge in [0.05, 0.1) is 5.56 Å². The van der Waals surface area contributed by atoms with E-state index in [0.29, 0.717) is 5.89 Å². The predicted octanol–water partition coefficient (Wildman–Crippen LogP) is 3.37. The standard InChI is InChI=1S/C14H19N3O/c1-14(2,3)9-12-16-13(18-17-12)10-7-5-6-8-11(10)15-4/h5-8,15H,9H2,1-4H3. The Hall–Kier alpha value is -1.84. The number of nitrogens with zero attached hydrogens (tertiary/aromatic N) is 2. The molecule has 1 heterocycles. The monoisotopic (exact) mass is 245 g/mol. The molecule has 0 atom stereocenters. The summed E-state index contributed by atoms with van der Waals surface area (Å²) in [5.41, 5.74) is 2.08. The Bertz CT molecular complexity index is 526. The van der Waals surface area contributed by atoms with Crippen LogP contribution >= 0.6 is 0 Å². The molecule has 0 radical (unpaired) electrons. The molecule has 0 aliphatic heterocycles. The summed E-state index contributed by atoms with van der Waals surface area (Å²) in [6, 6.07) is 7.90. The molecule has 0 saturated carbocycles. The summed E-state index contributed by atoms with van der Waals surface area (Å²) < 4.78 is 5.34. The van der Waals surface area contributed by atoms with Gasteiger partial charge in [0.2, 0.25) is 0 Å².